The molecule has 32 heavy (non-hydrogen) atoms. The Morgan fingerprint density at radius 3 is 2.34 bits per heavy atom. The molecule has 1 aromatic rings. The van der Waals surface area contributed by atoms with Crippen molar-refractivity contribution < 1.29 is 9.47 Å². The molecule has 176 valence electrons. The van der Waals surface area contributed by atoms with Crippen molar-refractivity contribution in [2.75, 3.05) is 13.7 Å². The van der Waals surface area contributed by atoms with Crippen LogP contribution >= 0.6 is 0 Å². The molecule has 1 atom stereocenters. The largest absolute Gasteiger partial charge is 0.501 e. The second kappa shape index (κ2) is 16.6. The van der Waals surface area contributed by atoms with E-state index in [1.54, 1.807) is 25.7 Å². The molecule has 0 radical (unpaired) electrons. The minimum absolute atomic E-state index is 0. The maximum absolute atomic E-state index is 5.89. The molecule has 5 heteroatoms. The average molecular weight is 440 g/mol. The molecule has 1 aliphatic carbocycles. The molecule has 0 saturated heterocycles. The van der Waals surface area contributed by atoms with Crippen molar-refractivity contribution in [3.63, 3.8) is 0 Å². The number of nitrogens with zero attached hydrogens (tertiary/aromatic N) is 2. The van der Waals surface area contributed by atoms with Gasteiger partial charge in [-0.2, -0.15) is 0 Å². The monoisotopic (exact) mass is 439 g/mol. The highest BCUT2D eigenvalue weighted by atomic mass is 16.5. The highest BCUT2D eigenvalue weighted by Gasteiger charge is 2.26. The zero-order chi connectivity index (χ0) is 23.1. The number of hydrogen-bond donors (Lipinski definition) is 1. The van der Waals surface area contributed by atoms with Gasteiger partial charge in [-0.05, 0) is 37.5 Å². The third-order valence-electron chi connectivity index (χ3n) is 4.13. The highest BCUT2D eigenvalue weighted by molar-refractivity contribution is 6.09. The molecule has 5 nitrogen and oxygen atoms in total. The van der Waals surface area contributed by atoms with Gasteiger partial charge in [-0.3, -0.25) is 9.98 Å². The quantitative estimate of drug-likeness (QED) is 0.258. The Kier molecular flexibility index (Phi) is 15.0. The number of aliphatic imine (C=N–C) groups is 2. The second-order valence-electron chi connectivity index (χ2n) is 7.15. The first-order chi connectivity index (χ1) is 15.0. The van der Waals surface area contributed by atoms with E-state index in [1.807, 2.05) is 50.3 Å². The van der Waals surface area contributed by atoms with E-state index in [2.05, 4.69) is 30.4 Å². The third kappa shape index (κ3) is 11.3. The fourth-order valence-electron chi connectivity index (χ4n) is 2.44. The van der Waals surface area contributed by atoms with Crippen LogP contribution in [0.4, 0.5) is 0 Å². The van der Waals surface area contributed by atoms with Crippen molar-refractivity contribution >= 4 is 17.5 Å². The van der Waals surface area contributed by atoms with E-state index in [0.717, 1.165) is 40.2 Å². The molecule has 2 rings (SSSR count). The molecule has 1 unspecified atom stereocenters. The molecule has 1 aromatic carbocycles. The SMILES string of the molecule is C.C=C1CC1N=C(/C=C/OCC)/C=C(\C)OCc1ccc(/C(C=NC)=C/N)cc1.CCC. The lowest BCUT2D eigenvalue weighted by Gasteiger charge is -2.08. The molecule has 1 fully saturated rings. The molecular weight excluding hydrogens is 398 g/mol. The minimum atomic E-state index is 0. The molecular formula is C27H41N3O2. The van der Waals surface area contributed by atoms with Gasteiger partial charge in [0, 0.05) is 31.1 Å². The van der Waals surface area contributed by atoms with E-state index in [4.69, 9.17) is 15.2 Å². The van der Waals surface area contributed by atoms with Crippen LogP contribution in [0.5, 0.6) is 0 Å². The fraction of sp³-hybridized carbons (Fsp3) is 0.407. The lowest BCUT2D eigenvalue weighted by molar-refractivity contribution is 0.201. The summed E-state index contributed by atoms with van der Waals surface area (Å²) in [5.74, 6) is 0.788. The number of ether oxygens (including phenoxy) is 2. The number of rotatable bonds is 10. The summed E-state index contributed by atoms with van der Waals surface area (Å²) >= 11 is 0. The van der Waals surface area contributed by atoms with Gasteiger partial charge in [0.25, 0.3) is 0 Å². The summed E-state index contributed by atoms with van der Waals surface area (Å²) in [5.41, 5.74) is 10.6. The summed E-state index contributed by atoms with van der Waals surface area (Å²) in [7, 11) is 1.72. The van der Waals surface area contributed by atoms with Crippen LogP contribution in [-0.4, -0.2) is 31.6 Å². The van der Waals surface area contributed by atoms with E-state index < -0.39 is 0 Å². The Hall–Kier alpha value is -3.08. The summed E-state index contributed by atoms with van der Waals surface area (Å²) < 4.78 is 11.2. The highest BCUT2D eigenvalue weighted by Crippen LogP contribution is 2.31. The molecule has 1 saturated carbocycles. The van der Waals surface area contributed by atoms with Crippen LogP contribution in [0, 0.1) is 0 Å². The predicted molar refractivity (Wildman–Crippen MR) is 140 cm³/mol. The predicted octanol–water partition coefficient (Wildman–Crippen LogP) is 6.48. The van der Waals surface area contributed by atoms with Gasteiger partial charge in [0.1, 0.15) is 6.61 Å². The molecule has 0 heterocycles. The van der Waals surface area contributed by atoms with E-state index in [9.17, 15) is 0 Å². The maximum Gasteiger partial charge on any atom is 0.113 e. The molecule has 2 N–H and O–H groups in total. The lowest BCUT2D eigenvalue weighted by Crippen LogP contribution is -1.98. The number of allylic oxidation sites excluding steroid dienone is 4. The standard InChI is InChI=1S/C23H29N3O2.C3H8.CH4/c1-5-27-11-10-22(26-23-12-17(23)2)13-18(3)28-16-19-6-8-20(9-7-19)21(14-24)15-25-4;1-3-2;/h6-11,13-15,23H,2,5,12,16,24H2,1,3-4H3;3H2,1-2H3;1H4/b11-10+,18-13+,21-14+,25-15?,26-22?;;. The van der Waals surface area contributed by atoms with Crippen molar-refractivity contribution in [3.05, 3.63) is 77.9 Å². The Morgan fingerprint density at radius 1 is 1.22 bits per heavy atom. The van der Waals surface area contributed by atoms with Gasteiger partial charge in [0.2, 0.25) is 0 Å². The van der Waals surface area contributed by atoms with Crippen LogP contribution < -0.4 is 5.73 Å². The summed E-state index contributed by atoms with van der Waals surface area (Å²) in [4.78, 5) is 8.67. The van der Waals surface area contributed by atoms with Gasteiger partial charge in [0.05, 0.1) is 30.4 Å². The van der Waals surface area contributed by atoms with Crippen molar-refractivity contribution in [1.29, 1.82) is 0 Å². The molecule has 0 spiro atoms. The maximum atomic E-state index is 5.89. The summed E-state index contributed by atoms with van der Waals surface area (Å²) in [6, 6.07) is 8.28. The smallest absolute Gasteiger partial charge is 0.113 e. The normalized spacial score (nSPS) is 16.5. The van der Waals surface area contributed by atoms with Crippen LogP contribution in [0.3, 0.4) is 0 Å². The van der Waals surface area contributed by atoms with Crippen LogP contribution in [0.25, 0.3) is 5.57 Å². The Bertz CT molecular complexity index is 831. The molecule has 0 aromatic heterocycles. The second-order valence-corrected chi connectivity index (χ2v) is 7.15. The average Bonchev–Trinajstić information content (AvgIpc) is 3.46. The van der Waals surface area contributed by atoms with Gasteiger partial charge in [-0.1, -0.05) is 64.1 Å². The zero-order valence-electron chi connectivity index (χ0n) is 19.6. The van der Waals surface area contributed by atoms with E-state index in [0.29, 0.717) is 13.2 Å². The molecule has 0 aliphatic heterocycles. The van der Waals surface area contributed by atoms with Crippen LogP contribution in [0.15, 0.2) is 76.8 Å². The Morgan fingerprint density at radius 2 is 1.84 bits per heavy atom. The van der Waals surface area contributed by atoms with Gasteiger partial charge in [-0.25, -0.2) is 0 Å². The van der Waals surface area contributed by atoms with E-state index in [-0.39, 0.29) is 13.5 Å². The van der Waals surface area contributed by atoms with Crippen LogP contribution in [0.1, 0.15) is 59.1 Å². The van der Waals surface area contributed by atoms with Crippen molar-refractivity contribution in [1.82, 2.24) is 0 Å². The summed E-state index contributed by atoms with van der Waals surface area (Å²) in [6.45, 7) is 13.2. The van der Waals surface area contributed by atoms with Crippen molar-refractivity contribution in [2.45, 2.75) is 60.6 Å². The van der Waals surface area contributed by atoms with Gasteiger partial charge >= 0.3 is 0 Å². The minimum Gasteiger partial charge on any atom is -0.501 e. The molecule has 1 aliphatic rings. The van der Waals surface area contributed by atoms with Gasteiger partial charge in [0.15, 0.2) is 0 Å². The summed E-state index contributed by atoms with van der Waals surface area (Å²) in [5, 5.41) is 0. The third-order valence-corrected chi connectivity index (χ3v) is 4.13. The lowest BCUT2D eigenvalue weighted by atomic mass is 10.1. The van der Waals surface area contributed by atoms with Gasteiger partial charge in [-0.15, -0.1) is 0 Å². The number of nitrogens with two attached hydrogens (primary N) is 1. The van der Waals surface area contributed by atoms with Crippen molar-refractivity contribution in [2.24, 2.45) is 15.7 Å². The Labute approximate surface area is 195 Å². The number of benzene rings is 1. The van der Waals surface area contributed by atoms with E-state index >= 15 is 0 Å². The first-order valence-corrected chi connectivity index (χ1v) is 10.8. The van der Waals surface area contributed by atoms with Crippen LogP contribution in [0.2, 0.25) is 0 Å². The van der Waals surface area contributed by atoms with Gasteiger partial charge < -0.3 is 15.2 Å². The number of hydrogen-bond acceptors (Lipinski definition) is 5. The van der Waals surface area contributed by atoms with Crippen LogP contribution in [-0.2, 0) is 16.1 Å². The van der Waals surface area contributed by atoms with E-state index in [1.165, 1.54) is 6.42 Å². The fourth-order valence-corrected chi connectivity index (χ4v) is 2.44. The summed E-state index contributed by atoms with van der Waals surface area (Å²) in [6.07, 6.45) is 10.9. The topological polar surface area (TPSA) is 69.2 Å². The molecule has 0 amide bonds. The first-order valence-electron chi connectivity index (χ1n) is 10.8. The zero-order valence-corrected chi connectivity index (χ0v) is 19.6. The van der Waals surface area contributed by atoms with Crippen molar-refractivity contribution in [3.8, 4) is 0 Å². The first kappa shape index (κ1) is 28.9. The molecule has 0 bridgehead atoms. The Balaban J connectivity index is 0.00000227.